The molecule has 1 aromatic carbocycles. The van der Waals surface area contributed by atoms with Gasteiger partial charge in [0.25, 0.3) is 0 Å². The molecule has 1 amide bonds. The number of amides is 1. The molecule has 1 aliphatic carbocycles. The van der Waals surface area contributed by atoms with E-state index in [9.17, 15) is 14.7 Å². The maximum Gasteiger partial charge on any atom is 0.352 e. The molecule has 1 saturated carbocycles. The SMILES string of the molecule is COc1ccc2[nH]c(C(=O)O)c(CNC(=O)C3CC3)c2c1. The zero-order chi connectivity index (χ0) is 15.0. The van der Waals surface area contributed by atoms with Crippen molar-refractivity contribution in [1.82, 2.24) is 10.3 Å². The van der Waals surface area contributed by atoms with Gasteiger partial charge in [0, 0.05) is 28.9 Å². The Balaban J connectivity index is 1.97. The smallest absolute Gasteiger partial charge is 0.352 e. The first kappa shape index (κ1) is 13.5. The lowest BCUT2D eigenvalue weighted by atomic mass is 10.1. The van der Waals surface area contributed by atoms with Gasteiger partial charge in [0.05, 0.1) is 7.11 Å². The molecular weight excluding hydrogens is 272 g/mol. The van der Waals surface area contributed by atoms with Gasteiger partial charge in [-0.15, -0.1) is 0 Å². The maximum atomic E-state index is 11.7. The monoisotopic (exact) mass is 288 g/mol. The van der Waals surface area contributed by atoms with E-state index < -0.39 is 5.97 Å². The fourth-order valence-electron chi connectivity index (χ4n) is 2.39. The fraction of sp³-hybridized carbons (Fsp3) is 0.333. The minimum atomic E-state index is -1.04. The number of hydrogen-bond acceptors (Lipinski definition) is 3. The minimum absolute atomic E-state index is 0.0106. The molecule has 110 valence electrons. The fourth-order valence-corrected chi connectivity index (χ4v) is 2.39. The number of methoxy groups -OCH3 is 1. The third kappa shape index (κ3) is 2.56. The predicted octanol–water partition coefficient (Wildman–Crippen LogP) is 1.90. The van der Waals surface area contributed by atoms with Crippen molar-refractivity contribution in [2.75, 3.05) is 7.11 Å². The number of rotatable bonds is 5. The number of carbonyl (C=O) groups is 2. The highest BCUT2D eigenvalue weighted by Crippen LogP contribution is 2.30. The summed E-state index contributed by atoms with van der Waals surface area (Å²) in [6.07, 6.45) is 1.83. The highest BCUT2D eigenvalue weighted by atomic mass is 16.5. The molecule has 0 bridgehead atoms. The normalized spacial score (nSPS) is 14.1. The average Bonchev–Trinajstić information content (AvgIpc) is 3.26. The second kappa shape index (κ2) is 5.12. The van der Waals surface area contributed by atoms with E-state index >= 15 is 0 Å². The number of benzene rings is 1. The Morgan fingerprint density at radius 1 is 1.43 bits per heavy atom. The van der Waals surface area contributed by atoms with Gasteiger partial charge >= 0.3 is 5.97 Å². The van der Waals surface area contributed by atoms with Crippen LogP contribution in [0.3, 0.4) is 0 Å². The molecule has 0 aliphatic heterocycles. The number of ether oxygens (including phenoxy) is 1. The average molecular weight is 288 g/mol. The quantitative estimate of drug-likeness (QED) is 0.783. The van der Waals surface area contributed by atoms with E-state index in [1.807, 2.05) is 0 Å². The van der Waals surface area contributed by atoms with Crippen molar-refractivity contribution in [2.24, 2.45) is 5.92 Å². The predicted molar refractivity (Wildman–Crippen MR) is 76.4 cm³/mol. The Morgan fingerprint density at radius 3 is 2.81 bits per heavy atom. The highest BCUT2D eigenvalue weighted by Gasteiger charge is 2.29. The molecule has 0 unspecified atom stereocenters. The van der Waals surface area contributed by atoms with E-state index in [1.54, 1.807) is 25.3 Å². The molecule has 21 heavy (non-hydrogen) atoms. The van der Waals surface area contributed by atoms with E-state index in [2.05, 4.69) is 10.3 Å². The lowest BCUT2D eigenvalue weighted by molar-refractivity contribution is -0.122. The van der Waals surface area contributed by atoms with Gasteiger partial charge in [-0.2, -0.15) is 0 Å². The molecule has 1 aromatic heterocycles. The molecule has 1 heterocycles. The van der Waals surface area contributed by atoms with Crippen molar-refractivity contribution in [3.63, 3.8) is 0 Å². The molecule has 0 saturated heterocycles. The second-order valence-corrected chi connectivity index (χ2v) is 5.19. The molecular formula is C15H16N2O4. The Morgan fingerprint density at radius 2 is 2.19 bits per heavy atom. The number of aromatic amines is 1. The van der Waals surface area contributed by atoms with Crippen LogP contribution in [-0.2, 0) is 11.3 Å². The van der Waals surface area contributed by atoms with E-state index in [0.717, 1.165) is 18.2 Å². The Bertz CT molecular complexity index is 716. The maximum absolute atomic E-state index is 11.7. The number of hydrogen-bond donors (Lipinski definition) is 3. The van der Waals surface area contributed by atoms with Crippen LogP contribution in [0.4, 0.5) is 0 Å². The molecule has 2 aromatic rings. The summed E-state index contributed by atoms with van der Waals surface area (Å²) in [4.78, 5) is 26.0. The lowest BCUT2D eigenvalue weighted by Gasteiger charge is -2.05. The second-order valence-electron chi connectivity index (χ2n) is 5.19. The molecule has 3 N–H and O–H groups in total. The minimum Gasteiger partial charge on any atom is -0.497 e. The van der Waals surface area contributed by atoms with Crippen LogP contribution in [0.2, 0.25) is 0 Å². The van der Waals surface area contributed by atoms with Crippen LogP contribution in [0.5, 0.6) is 5.75 Å². The summed E-state index contributed by atoms with van der Waals surface area (Å²) < 4.78 is 5.17. The first-order chi connectivity index (χ1) is 10.1. The molecule has 6 nitrogen and oxygen atoms in total. The first-order valence-electron chi connectivity index (χ1n) is 6.79. The summed E-state index contributed by atoms with van der Waals surface area (Å²) in [6, 6.07) is 5.31. The summed E-state index contributed by atoms with van der Waals surface area (Å²) in [5.41, 5.74) is 1.39. The molecule has 0 spiro atoms. The zero-order valence-electron chi connectivity index (χ0n) is 11.6. The molecule has 0 atom stereocenters. The molecule has 3 rings (SSSR count). The summed E-state index contributed by atoms with van der Waals surface area (Å²) >= 11 is 0. The van der Waals surface area contributed by atoms with Crippen molar-refractivity contribution in [2.45, 2.75) is 19.4 Å². The highest BCUT2D eigenvalue weighted by molar-refractivity contribution is 5.98. The summed E-state index contributed by atoms with van der Waals surface area (Å²) in [6.45, 7) is 0.199. The summed E-state index contributed by atoms with van der Waals surface area (Å²) in [5.74, 6) is -0.310. The number of aromatic nitrogens is 1. The van der Waals surface area contributed by atoms with Gasteiger partial charge in [0.15, 0.2) is 0 Å². The zero-order valence-corrected chi connectivity index (χ0v) is 11.6. The molecule has 1 fully saturated rings. The van der Waals surface area contributed by atoms with E-state index in [-0.39, 0.29) is 24.1 Å². The number of carboxylic acids is 1. The van der Waals surface area contributed by atoms with Gasteiger partial charge < -0.3 is 20.1 Å². The number of fused-ring (bicyclic) bond motifs is 1. The van der Waals surface area contributed by atoms with Crippen molar-refractivity contribution in [1.29, 1.82) is 0 Å². The lowest BCUT2D eigenvalue weighted by Crippen LogP contribution is -2.25. The molecule has 6 heteroatoms. The van der Waals surface area contributed by atoms with Crippen LogP contribution in [-0.4, -0.2) is 29.1 Å². The van der Waals surface area contributed by atoms with Crippen LogP contribution >= 0.6 is 0 Å². The van der Waals surface area contributed by atoms with Crippen LogP contribution in [0, 0.1) is 5.92 Å². The Kier molecular flexibility index (Phi) is 3.29. The first-order valence-corrected chi connectivity index (χ1v) is 6.79. The Labute approximate surface area is 121 Å². The number of carboxylic acid groups (broad SMARTS) is 1. The number of H-pyrrole nitrogens is 1. The van der Waals surface area contributed by atoms with Crippen LogP contribution in [0.15, 0.2) is 18.2 Å². The van der Waals surface area contributed by atoms with Crippen LogP contribution < -0.4 is 10.1 Å². The van der Waals surface area contributed by atoms with Crippen molar-refractivity contribution >= 4 is 22.8 Å². The number of nitrogens with one attached hydrogen (secondary N) is 2. The number of aromatic carboxylic acids is 1. The van der Waals surface area contributed by atoms with Gasteiger partial charge in [-0.3, -0.25) is 4.79 Å². The van der Waals surface area contributed by atoms with Crippen molar-refractivity contribution < 1.29 is 19.4 Å². The third-order valence-corrected chi connectivity index (χ3v) is 3.71. The van der Waals surface area contributed by atoms with Crippen molar-refractivity contribution in [3.8, 4) is 5.75 Å². The van der Waals surface area contributed by atoms with Gasteiger partial charge in [0.2, 0.25) is 5.91 Å². The summed E-state index contributed by atoms with van der Waals surface area (Å²) in [7, 11) is 1.56. The van der Waals surface area contributed by atoms with Gasteiger partial charge in [0.1, 0.15) is 11.4 Å². The van der Waals surface area contributed by atoms with Gasteiger partial charge in [-0.1, -0.05) is 0 Å². The van der Waals surface area contributed by atoms with E-state index in [1.165, 1.54) is 0 Å². The van der Waals surface area contributed by atoms with E-state index in [0.29, 0.717) is 16.8 Å². The van der Waals surface area contributed by atoms with Gasteiger partial charge in [-0.25, -0.2) is 4.79 Å². The Hall–Kier alpha value is -2.50. The van der Waals surface area contributed by atoms with E-state index in [4.69, 9.17) is 4.74 Å². The van der Waals surface area contributed by atoms with Crippen LogP contribution in [0.25, 0.3) is 10.9 Å². The van der Waals surface area contributed by atoms with Crippen molar-refractivity contribution in [3.05, 3.63) is 29.5 Å². The topological polar surface area (TPSA) is 91.4 Å². The van der Waals surface area contributed by atoms with Crippen LogP contribution in [0.1, 0.15) is 28.9 Å². The molecule has 0 radical (unpaired) electrons. The molecule has 1 aliphatic rings. The summed E-state index contributed by atoms with van der Waals surface area (Å²) in [5, 5.41) is 12.9. The standard InChI is InChI=1S/C15H16N2O4/c1-21-9-4-5-12-10(6-9)11(13(17-12)15(19)20)7-16-14(18)8-2-3-8/h4-6,8,17H,2-3,7H2,1H3,(H,16,18)(H,19,20). The third-order valence-electron chi connectivity index (χ3n) is 3.71. The van der Waals surface area contributed by atoms with Gasteiger partial charge in [-0.05, 0) is 31.0 Å². The number of carbonyl (C=O) groups excluding carboxylic acids is 1. The largest absolute Gasteiger partial charge is 0.497 e.